The summed E-state index contributed by atoms with van der Waals surface area (Å²) >= 11 is 0. The molecule has 0 spiro atoms. The van der Waals surface area contributed by atoms with Crippen molar-refractivity contribution >= 4 is 5.90 Å². The number of aliphatic imine (C=N–C) groups is 1. The maximum Gasteiger partial charge on any atom is 0.199 e. The second-order valence-electron chi connectivity index (χ2n) is 11.4. The van der Waals surface area contributed by atoms with E-state index in [1.54, 1.807) is 0 Å². The molecule has 1 aliphatic heterocycles. The Hall–Kier alpha value is -3.95. The molecule has 4 aromatic rings. The predicted octanol–water partition coefficient (Wildman–Crippen LogP) is 7.69. The normalized spacial score (nSPS) is 21.3. The van der Waals surface area contributed by atoms with Gasteiger partial charge in [-0.2, -0.15) is 0 Å². The number of benzene rings is 4. The summed E-state index contributed by atoms with van der Waals surface area (Å²) < 4.78 is 6.41. The molecule has 0 fully saturated rings. The van der Waals surface area contributed by atoms with Crippen molar-refractivity contribution in [2.24, 2.45) is 4.99 Å². The van der Waals surface area contributed by atoms with Gasteiger partial charge in [0, 0.05) is 13.1 Å². The molecular weight excluding hydrogens is 476 g/mol. The molecule has 0 saturated carbocycles. The summed E-state index contributed by atoms with van der Waals surface area (Å²) in [5, 5.41) is 0. The molecule has 1 aliphatic carbocycles. The molecule has 0 radical (unpaired) electrons. The second kappa shape index (κ2) is 10.7. The van der Waals surface area contributed by atoms with E-state index < -0.39 is 5.41 Å². The van der Waals surface area contributed by atoms with E-state index in [0.29, 0.717) is 6.61 Å². The molecule has 4 aromatic carbocycles. The van der Waals surface area contributed by atoms with Gasteiger partial charge in [0.15, 0.2) is 5.90 Å². The molecule has 0 unspecified atom stereocenters. The van der Waals surface area contributed by atoms with Crippen molar-refractivity contribution in [3.63, 3.8) is 0 Å². The first-order chi connectivity index (χ1) is 19.0. The van der Waals surface area contributed by atoms with Crippen LogP contribution in [0.2, 0.25) is 0 Å². The summed E-state index contributed by atoms with van der Waals surface area (Å²) in [6, 6.07) is 41.3. The van der Waals surface area contributed by atoms with Crippen LogP contribution in [0, 0.1) is 0 Å². The van der Waals surface area contributed by atoms with E-state index in [4.69, 9.17) is 9.73 Å². The van der Waals surface area contributed by atoms with Crippen molar-refractivity contribution in [3.05, 3.63) is 155 Å². The van der Waals surface area contributed by atoms with Gasteiger partial charge in [0.25, 0.3) is 0 Å². The lowest BCUT2D eigenvalue weighted by Crippen LogP contribution is -2.42. The van der Waals surface area contributed by atoms with Crippen molar-refractivity contribution in [3.8, 4) is 0 Å². The van der Waals surface area contributed by atoms with Crippen molar-refractivity contribution in [2.75, 3.05) is 6.61 Å². The van der Waals surface area contributed by atoms with Crippen LogP contribution in [0.4, 0.5) is 0 Å². The number of rotatable bonds is 8. The molecule has 2 atom stereocenters. The minimum absolute atomic E-state index is 0.125. The highest BCUT2D eigenvalue weighted by molar-refractivity contribution is 5.93. The fraction of sp³-hybridized carbons (Fsp3) is 0.250. The Balaban J connectivity index is 1.46. The molecule has 196 valence electrons. The molecule has 0 N–H and O–H groups in total. The topological polar surface area (TPSA) is 24.8 Å². The first kappa shape index (κ1) is 25.3. The van der Waals surface area contributed by atoms with Crippen molar-refractivity contribution < 1.29 is 4.74 Å². The van der Waals surface area contributed by atoms with E-state index in [0.717, 1.165) is 25.4 Å². The molecule has 39 heavy (non-hydrogen) atoms. The number of nitrogens with zero attached hydrogens (tertiary/aromatic N) is 2. The fourth-order valence-corrected chi connectivity index (χ4v) is 5.96. The van der Waals surface area contributed by atoms with Gasteiger partial charge in [-0.3, -0.25) is 4.90 Å². The van der Waals surface area contributed by atoms with E-state index in [1.165, 1.54) is 27.8 Å². The van der Waals surface area contributed by atoms with Crippen LogP contribution in [0.15, 0.2) is 132 Å². The summed E-state index contributed by atoms with van der Waals surface area (Å²) in [5.74, 6) is 0.830. The van der Waals surface area contributed by atoms with Gasteiger partial charge in [-0.15, -0.1) is 0 Å². The largest absolute Gasteiger partial charge is 0.478 e. The Bertz CT molecular complexity index is 1420. The molecule has 0 saturated heterocycles. The maximum absolute atomic E-state index is 6.41. The van der Waals surface area contributed by atoms with E-state index in [9.17, 15) is 0 Å². The van der Waals surface area contributed by atoms with E-state index in [-0.39, 0.29) is 11.6 Å². The van der Waals surface area contributed by atoms with Crippen LogP contribution in [0.25, 0.3) is 0 Å². The molecule has 3 heteroatoms. The molecule has 6 rings (SSSR count). The molecule has 2 aliphatic rings. The highest BCUT2D eigenvalue weighted by Gasteiger charge is 2.46. The Morgan fingerprint density at radius 3 is 1.82 bits per heavy atom. The minimum Gasteiger partial charge on any atom is -0.478 e. The summed E-state index contributed by atoms with van der Waals surface area (Å²) in [6.45, 7) is 6.62. The first-order valence-corrected chi connectivity index (χ1v) is 13.9. The highest BCUT2D eigenvalue weighted by atomic mass is 16.5. The highest BCUT2D eigenvalue weighted by Crippen LogP contribution is 2.45. The lowest BCUT2D eigenvalue weighted by atomic mass is 9.69. The lowest BCUT2D eigenvalue weighted by molar-refractivity contribution is 0.206. The summed E-state index contributed by atoms with van der Waals surface area (Å²) in [6.07, 6.45) is 5.59. The fourth-order valence-electron chi connectivity index (χ4n) is 5.96. The van der Waals surface area contributed by atoms with Gasteiger partial charge in [-0.1, -0.05) is 127 Å². The minimum atomic E-state index is -0.451. The Labute approximate surface area is 232 Å². The number of hydrogen-bond acceptors (Lipinski definition) is 3. The summed E-state index contributed by atoms with van der Waals surface area (Å²) in [4.78, 5) is 7.72. The average molecular weight is 513 g/mol. The smallest absolute Gasteiger partial charge is 0.199 e. The number of fused-ring (bicyclic) bond motifs is 1. The average Bonchev–Trinajstić information content (AvgIpc) is 3.34. The monoisotopic (exact) mass is 512 g/mol. The van der Waals surface area contributed by atoms with E-state index in [2.05, 4.69) is 146 Å². The number of hydrogen-bond donors (Lipinski definition) is 0. The van der Waals surface area contributed by atoms with Crippen LogP contribution >= 0.6 is 0 Å². The summed E-state index contributed by atoms with van der Waals surface area (Å²) in [7, 11) is 0. The third-order valence-corrected chi connectivity index (χ3v) is 7.85. The zero-order valence-corrected chi connectivity index (χ0v) is 22.8. The Morgan fingerprint density at radius 2 is 1.26 bits per heavy atom. The second-order valence-corrected chi connectivity index (χ2v) is 11.4. The third-order valence-electron chi connectivity index (χ3n) is 7.85. The quantitative estimate of drug-likeness (QED) is 0.226. The van der Waals surface area contributed by atoms with Gasteiger partial charge in [-0.05, 0) is 48.1 Å². The molecule has 0 amide bonds. The van der Waals surface area contributed by atoms with Crippen LogP contribution in [0.3, 0.4) is 0 Å². The Kier molecular flexibility index (Phi) is 6.93. The van der Waals surface area contributed by atoms with Gasteiger partial charge in [-0.25, -0.2) is 4.99 Å². The van der Waals surface area contributed by atoms with Gasteiger partial charge in [0.1, 0.15) is 6.61 Å². The molecule has 0 aromatic heterocycles. The zero-order valence-electron chi connectivity index (χ0n) is 22.8. The third kappa shape index (κ3) is 5.32. The maximum atomic E-state index is 6.41. The van der Waals surface area contributed by atoms with Crippen molar-refractivity contribution in [1.82, 2.24) is 4.90 Å². The van der Waals surface area contributed by atoms with Crippen LogP contribution in [0.1, 0.15) is 47.7 Å². The first-order valence-electron chi connectivity index (χ1n) is 13.9. The molecule has 0 bridgehead atoms. The molecular formula is C36H36N2O. The molecule has 1 heterocycles. The standard InChI is InChI=1S/C36H36N2O/c1-35(2)27-39-34(37-35)36(24-28-14-6-3-7-15-28)23-22-33(31-20-12-13-21-32(31)36)38(25-29-16-8-4-9-17-29)26-30-18-10-5-11-19-30/h3-23,33H,24-27H2,1-2H3/t33-,36-/m1/s1. The van der Waals surface area contributed by atoms with Gasteiger partial charge in [0.2, 0.25) is 0 Å². The van der Waals surface area contributed by atoms with Crippen molar-refractivity contribution in [1.29, 1.82) is 0 Å². The predicted molar refractivity (Wildman–Crippen MR) is 160 cm³/mol. The Morgan fingerprint density at radius 1 is 0.718 bits per heavy atom. The van der Waals surface area contributed by atoms with Crippen LogP contribution in [-0.2, 0) is 29.7 Å². The lowest BCUT2D eigenvalue weighted by Gasteiger charge is -2.41. The summed E-state index contributed by atoms with van der Waals surface area (Å²) in [5.41, 5.74) is 5.81. The number of ether oxygens (including phenoxy) is 1. The molecule has 3 nitrogen and oxygen atoms in total. The van der Waals surface area contributed by atoms with Gasteiger partial charge >= 0.3 is 0 Å². The van der Waals surface area contributed by atoms with Crippen LogP contribution < -0.4 is 0 Å². The zero-order chi connectivity index (χ0) is 26.7. The van der Waals surface area contributed by atoms with Crippen LogP contribution in [0.5, 0.6) is 0 Å². The van der Waals surface area contributed by atoms with Gasteiger partial charge < -0.3 is 4.74 Å². The van der Waals surface area contributed by atoms with E-state index in [1.807, 2.05) is 0 Å². The SMILES string of the molecule is CC1(C)COC([C@@]2(Cc3ccccc3)C=C[C@@H](N(Cc3ccccc3)Cc3ccccc3)c3ccccc32)=N1. The van der Waals surface area contributed by atoms with Gasteiger partial charge in [0.05, 0.1) is 17.0 Å². The van der Waals surface area contributed by atoms with Crippen molar-refractivity contribution in [2.45, 2.75) is 50.4 Å². The van der Waals surface area contributed by atoms with E-state index >= 15 is 0 Å². The van der Waals surface area contributed by atoms with Crippen LogP contribution in [-0.4, -0.2) is 22.9 Å².